The Labute approximate surface area is 187 Å². The summed E-state index contributed by atoms with van der Waals surface area (Å²) in [4.78, 5) is 13.0. The smallest absolute Gasteiger partial charge is 0.258 e. The van der Waals surface area contributed by atoms with Crippen LogP contribution in [0.15, 0.2) is 53.4 Å². The topological polar surface area (TPSA) is 84.3 Å². The molecular weight excluding hydrogens is 436 g/mol. The second kappa shape index (κ2) is 9.21. The highest BCUT2D eigenvalue weighted by atomic mass is 35.5. The molecule has 7 nitrogen and oxygen atoms in total. The Morgan fingerprint density at radius 3 is 2.32 bits per heavy atom. The fraction of sp³-hybridized carbons (Fsp3) is 0.273. The van der Waals surface area contributed by atoms with Crippen LogP contribution in [-0.4, -0.2) is 41.5 Å². The molecule has 0 spiro atoms. The number of amides is 1. The van der Waals surface area contributed by atoms with Crippen molar-refractivity contribution in [2.24, 2.45) is 0 Å². The van der Waals surface area contributed by atoms with Gasteiger partial charge in [-0.05, 0) is 44.2 Å². The van der Waals surface area contributed by atoms with Crippen molar-refractivity contribution in [1.82, 2.24) is 14.1 Å². The van der Waals surface area contributed by atoms with Gasteiger partial charge >= 0.3 is 0 Å². The lowest BCUT2D eigenvalue weighted by molar-refractivity contribution is 0.102. The number of hydrogen-bond acceptors (Lipinski definition) is 4. The molecule has 0 atom stereocenters. The monoisotopic (exact) mass is 460 g/mol. The van der Waals surface area contributed by atoms with Gasteiger partial charge in [0.25, 0.3) is 5.91 Å². The molecule has 1 N–H and O–H groups in total. The number of halogens is 1. The van der Waals surface area contributed by atoms with Gasteiger partial charge in [0.1, 0.15) is 5.82 Å². The highest BCUT2D eigenvalue weighted by Gasteiger charge is 2.24. The van der Waals surface area contributed by atoms with Crippen molar-refractivity contribution in [3.63, 3.8) is 0 Å². The van der Waals surface area contributed by atoms with Crippen molar-refractivity contribution in [2.45, 2.75) is 32.6 Å². The third-order valence-corrected chi connectivity index (χ3v) is 7.25. The van der Waals surface area contributed by atoms with E-state index in [1.807, 2.05) is 38.1 Å². The van der Waals surface area contributed by atoms with Gasteiger partial charge in [0.15, 0.2) is 0 Å². The van der Waals surface area contributed by atoms with E-state index in [9.17, 15) is 13.2 Å². The lowest BCUT2D eigenvalue weighted by atomic mass is 10.2. The minimum Gasteiger partial charge on any atom is -0.306 e. The fourth-order valence-electron chi connectivity index (χ4n) is 3.21. The summed E-state index contributed by atoms with van der Waals surface area (Å²) in [6.07, 6.45) is 0. The molecule has 0 saturated carbocycles. The zero-order valence-corrected chi connectivity index (χ0v) is 19.5. The van der Waals surface area contributed by atoms with Crippen molar-refractivity contribution < 1.29 is 13.2 Å². The number of rotatable bonds is 7. The number of carbonyl (C=O) groups is 1. The average Bonchev–Trinajstić information content (AvgIpc) is 3.09. The molecule has 0 aliphatic heterocycles. The van der Waals surface area contributed by atoms with Crippen LogP contribution in [-0.2, 0) is 10.0 Å². The second-order valence-corrected chi connectivity index (χ2v) is 9.45. The zero-order chi connectivity index (χ0) is 22.8. The molecule has 3 rings (SSSR count). The van der Waals surface area contributed by atoms with Gasteiger partial charge in [-0.3, -0.25) is 4.79 Å². The van der Waals surface area contributed by atoms with Crippen molar-refractivity contribution in [3.8, 4) is 5.69 Å². The molecule has 0 unspecified atom stereocenters. The predicted molar refractivity (Wildman–Crippen MR) is 123 cm³/mol. The Balaban J connectivity index is 1.96. The van der Waals surface area contributed by atoms with Gasteiger partial charge in [-0.25, -0.2) is 13.1 Å². The number of benzene rings is 2. The van der Waals surface area contributed by atoms with Crippen LogP contribution >= 0.6 is 11.6 Å². The van der Waals surface area contributed by atoms with Crippen LogP contribution in [0, 0.1) is 13.8 Å². The van der Waals surface area contributed by atoms with Crippen LogP contribution in [0.1, 0.15) is 35.5 Å². The van der Waals surface area contributed by atoms with E-state index in [4.69, 9.17) is 11.6 Å². The quantitative estimate of drug-likeness (QED) is 0.565. The van der Waals surface area contributed by atoms with Crippen molar-refractivity contribution in [3.05, 3.63) is 70.4 Å². The van der Waals surface area contributed by atoms with E-state index in [0.29, 0.717) is 18.9 Å². The number of aromatic nitrogens is 2. The number of carbonyl (C=O) groups excluding carboxylic acids is 1. The molecule has 0 aliphatic carbocycles. The zero-order valence-electron chi connectivity index (χ0n) is 17.9. The van der Waals surface area contributed by atoms with E-state index >= 15 is 0 Å². The summed E-state index contributed by atoms with van der Waals surface area (Å²) in [7, 11) is -3.72. The van der Waals surface area contributed by atoms with Crippen molar-refractivity contribution >= 4 is 33.3 Å². The number of anilines is 1. The normalized spacial score (nSPS) is 11.7. The van der Waals surface area contributed by atoms with Crippen LogP contribution in [0.3, 0.4) is 0 Å². The van der Waals surface area contributed by atoms with Gasteiger partial charge in [0, 0.05) is 19.2 Å². The SMILES string of the molecule is CCN(CC)S(=O)(=O)c1ccc(Cl)c(C(=O)Nc2cc(C)nn2-c2ccc(C)cc2)c1. The molecule has 0 radical (unpaired) electrons. The highest BCUT2D eigenvalue weighted by Crippen LogP contribution is 2.25. The molecule has 3 aromatic rings. The molecule has 0 fully saturated rings. The molecule has 2 aromatic carbocycles. The average molecular weight is 461 g/mol. The van der Waals surface area contributed by atoms with Gasteiger partial charge < -0.3 is 5.32 Å². The number of nitrogens with one attached hydrogen (secondary N) is 1. The lowest BCUT2D eigenvalue weighted by Crippen LogP contribution is -2.30. The van der Waals surface area contributed by atoms with E-state index in [1.54, 1.807) is 24.6 Å². The number of hydrogen-bond donors (Lipinski definition) is 1. The summed E-state index contributed by atoms with van der Waals surface area (Å²) in [6, 6.07) is 13.6. The van der Waals surface area contributed by atoms with Crippen LogP contribution in [0.25, 0.3) is 5.69 Å². The summed E-state index contributed by atoms with van der Waals surface area (Å²) >= 11 is 6.24. The van der Waals surface area contributed by atoms with Crippen LogP contribution < -0.4 is 5.32 Å². The molecule has 0 bridgehead atoms. The first-order valence-corrected chi connectivity index (χ1v) is 11.7. The van der Waals surface area contributed by atoms with Gasteiger partial charge in [-0.2, -0.15) is 9.40 Å². The molecule has 9 heteroatoms. The second-order valence-electron chi connectivity index (χ2n) is 7.10. The third kappa shape index (κ3) is 4.81. The molecule has 164 valence electrons. The number of sulfonamides is 1. The van der Waals surface area contributed by atoms with Crippen LogP contribution in [0.4, 0.5) is 5.82 Å². The molecule has 1 heterocycles. The number of aryl methyl sites for hydroxylation is 2. The summed E-state index contributed by atoms with van der Waals surface area (Å²) in [5.74, 6) is -0.0609. The molecule has 1 aromatic heterocycles. The maximum Gasteiger partial charge on any atom is 0.258 e. The van der Waals surface area contributed by atoms with Gasteiger partial charge in [-0.15, -0.1) is 0 Å². The van der Waals surface area contributed by atoms with E-state index in [2.05, 4.69) is 10.4 Å². The van der Waals surface area contributed by atoms with Crippen molar-refractivity contribution in [2.75, 3.05) is 18.4 Å². The number of nitrogens with zero attached hydrogens (tertiary/aromatic N) is 3. The standard InChI is InChI=1S/C22H25ClN4O3S/c1-5-26(6-2)31(29,30)18-11-12-20(23)19(14-18)22(28)24-21-13-16(4)25-27(21)17-9-7-15(3)8-10-17/h7-14H,5-6H2,1-4H3,(H,24,28). The Bertz CT molecular complexity index is 1200. The van der Waals surface area contributed by atoms with Gasteiger partial charge in [0.2, 0.25) is 10.0 Å². The summed E-state index contributed by atoms with van der Waals surface area (Å²) in [5, 5.41) is 7.42. The van der Waals surface area contributed by atoms with E-state index in [0.717, 1.165) is 16.9 Å². The molecular formula is C22H25ClN4O3S. The predicted octanol–water partition coefficient (Wildman–Crippen LogP) is 4.43. The Morgan fingerprint density at radius 1 is 1.06 bits per heavy atom. The maximum atomic E-state index is 13.0. The Morgan fingerprint density at radius 2 is 1.71 bits per heavy atom. The minimum atomic E-state index is -3.72. The lowest BCUT2D eigenvalue weighted by Gasteiger charge is -2.19. The van der Waals surface area contributed by atoms with Crippen LogP contribution in [0.5, 0.6) is 0 Å². The highest BCUT2D eigenvalue weighted by molar-refractivity contribution is 7.89. The van der Waals surface area contributed by atoms with E-state index in [1.165, 1.54) is 22.5 Å². The van der Waals surface area contributed by atoms with Crippen LogP contribution in [0.2, 0.25) is 5.02 Å². The molecule has 0 aliphatic rings. The first-order valence-electron chi connectivity index (χ1n) is 9.92. The Kier molecular flexibility index (Phi) is 6.83. The van der Waals surface area contributed by atoms with Gasteiger partial charge in [-0.1, -0.05) is 43.1 Å². The summed E-state index contributed by atoms with van der Waals surface area (Å²) in [6.45, 7) is 8.00. The third-order valence-electron chi connectivity index (χ3n) is 4.88. The summed E-state index contributed by atoms with van der Waals surface area (Å²) < 4.78 is 28.6. The van der Waals surface area contributed by atoms with E-state index < -0.39 is 15.9 Å². The maximum absolute atomic E-state index is 13.0. The van der Waals surface area contributed by atoms with Crippen molar-refractivity contribution in [1.29, 1.82) is 0 Å². The largest absolute Gasteiger partial charge is 0.306 e. The minimum absolute atomic E-state index is 0.0222. The molecule has 0 saturated heterocycles. The van der Waals surface area contributed by atoms with Gasteiger partial charge in [0.05, 0.1) is 26.9 Å². The first kappa shape index (κ1) is 23.0. The molecule has 1 amide bonds. The molecule has 31 heavy (non-hydrogen) atoms. The summed E-state index contributed by atoms with van der Waals surface area (Å²) in [5.41, 5.74) is 2.69. The van der Waals surface area contributed by atoms with E-state index in [-0.39, 0.29) is 15.5 Å². The fourth-order valence-corrected chi connectivity index (χ4v) is 4.89. The Hall–Kier alpha value is -2.68. The first-order chi connectivity index (χ1) is 14.7.